The molecule has 1 saturated heterocycles. The van der Waals surface area contributed by atoms with E-state index in [1.165, 1.54) is 25.8 Å². The molecule has 0 aromatic heterocycles. The zero-order valence-corrected chi connectivity index (χ0v) is 12.2. The second kappa shape index (κ2) is 7.25. The van der Waals surface area contributed by atoms with Gasteiger partial charge in [0.15, 0.2) is 0 Å². The van der Waals surface area contributed by atoms with Crippen molar-refractivity contribution in [2.75, 3.05) is 26.2 Å². The summed E-state index contributed by atoms with van der Waals surface area (Å²) in [5.41, 5.74) is 5.76. The van der Waals surface area contributed by atoms with Crippen LogP contribution in [0.15, 0.2) is 0 Å². The van der Waals surface area contributed by atoms with Crippen molar-refractivity contribution in [3.8, 4) is 0 Å². The average Bonchev–Trinajstić information content (AvgIpc) is 2.93. The summed E-state index contributed by atoms with van der Waals surface area (Å²) in [7, 11) is 0. The number of likely N-dealkylation sites (tertiary alicyclic amines) is 1. The summed E-state index contributed by atoms with van der Waals surface area (Å²) in [4.78, 5) is 14.8. The molecule has 0 radical (unpaired) electrons. The Balaban J connectivity index is 1.79. The van der Waals surface area contributed by atoms with Crippen LogP contribution in [0.25, 0.3) is 0 Å². The van der Waals surface area contributed by atoms with Crippen LogP contribution in [0.4, 0.5) is 0 Å². The van der Waals surface area contributed by atoms with Crippen molar-refractivity contribution in [3.63, 3.8) is 0 Å². The lowest BCUT2D eigenvalue weighted by molar-refractivity contribution is -0.126. The van der Waals surface area contributed by atoms with Gasteiger partial charge in [-0.25, -0.2) is 0 Å². The summed E-state index contributed by atoms with van der Waals surface area (Å²) in [6, 6.07) is 0.542. The van der Waals surface area contributed by atoms with Crippen molar-refractivity contribution < 1.29 is 4.79 Å². The van der Waals surface area contributed by atoms with Gasteiger partial charge in [-0.1, -0.05) is 19.8 Å². The van der Waals surface area contributed by atoms with Crippen LogP contribution in [0.1, 0.15) is 45.4 Å². The highest BCUT2D eigenvalue weighted by Gasteiger charge is 2.32. The minimum absolute atomic E-state index is 0.170. The summed E-state index contributed by atoms with van der Waals surface area (Å²) >= 11 is 0. The number of hydrogen-bond donors (Lipinski definition) is 2. The lowest BCUT2D eigenvalue weighted by Gasteiger charge is -2.35. The van der Waals surface area contributed by atoms with Crippen molar-refractivity contribution in [2.24, 2.45) is 17.6 Å². The monoisotopic (exact) mass is 267 g/mol. The predicted octanol–water partition coefficient (Wildman–Crippen LogP) is 1.35. The normalized spacial score (nSPS) is 32.4. The van der Waals surface area contributed by atoms with E-state index in [1.54, 1.807) is 0 Å². The molecule has 0 spiro atoms. The van der Waals surface area contributed by atoms with E-state index >= 15 is 0 Å². The molecule has 0 aromatic rings. The quantitative estimate of drug-likeness (QED) is 0.790. The highest BCUT2D eigenvalue weighted by Crippen LogP contribution is 2.31. The number of rotatable bonds is 5. The van der Waals surface area contributed by atoms with Crippen LogP contribution >= 0.6 is 0 Å². The van der Waals surface area contributed by atoms with Gasteiger partial charge >= 0.3 is 0 Å². The molecule has 1 amide bonds. The van der Waals surface area contributed by atoms with E-state index in [9.17, 15) is 4.79 Å². The van der Waals surface area contributed by atoms with E-state index < -0.39 is 0 Å². The molecule has 1 unspecified atom stereocenters. The number of carbonyl (C=O) groups excluding carboxylic acids is 1. The molecule has 4 heteroatoms. The fraction of sp³-hybridized carbons (Fsp3) is 0.933. The van der Waals surface area contributed by atoms with Gasteiger partial charge in [-0.05, 0) is 51.2 Å². The average molecular weight is 267 g/mol. The first-order valence-electron chi connectivity index (χ1n) is 7.98. The highest BCUT2D eigenvalue weighted by molar-refractivity contribution is 5.79. The minimum atomic E-state index is 0.170. The summed E-state index contributed by atoms with van der Waals surface area (Å²) in [5, 5.41) is 3.19. The highest BCUT2D eigenvalue weighted by atomic mass is 16.1. The van der Waals surface area contributed by atoms with Crippen LogP contribution in [0.2, 0.25) is 0 Å². The van der Waals surface area contributed by atoms with Gasteiger partial charge in [0.2, 0.25) is 5.91 Å². The largest absolute Gasteiger partial charge is 0.354 e. The van der Waals surface area contributed by atoms with Gasteiger partial charge < -0.3 is 11.1 Å². The number of nitrogens with zero attached hydrogens (tertiary/aromatic N) is 1. The zero-order chi connectivity index (χ0) is 13.7. The maximum absolute atomic E-state index is 12.3. The molecule has 1 heterocycles. The lowest BCUT2D eigenvalue weighted by atomic mass is 9.95. The maximum atomic E-state index is 12.3. The molecule has 110 valence electrons. The topological polar surface area (TPSA) is 58.4 Å². The molecule has 2 rings (SSSR count). The molecule has 2 fully saturated rings. The van der Waals surface area contributed by atoms with E-state index in [0.29, 0.717) is 18.5 Å². The molecular formula is C15H29N3O. The Morgan fingerprint density at radius 3 is 2.84 bits per heavy atom. The number of amides is 1. The maximum Gasteiger partial charge on any atom is 0.223 e. The van der Waals surface area contributed by atoms with E-state index in [-0.39, 0.29) is 11.8 Å². The fourth-order valence-corrected chi connectivity index (χ4v) is 3.72. The molecule has 3 N–H and O–H groups in total. The predicted molar refractivity (Wildman–Crippen MR) is 77.8 cm³/mol. The van der Waals surface area contributed by atoms with Gasteiger partial charge in [0.25, 0.3) is 0 Å². The third-order valence-corrected chi connectivity index (χ3v) is 4.97. The smallest absolute Gasteiger partial charge is 0.223 e. The number of hydrogen-bond acceptors (Lipinski definition) is 3. The van der Waals surface area contributed by atoms with Gasteiger partial charge in [0, 0.05) is 18.5 Å². The van der Waals surface area contributed by atoms with Crippen LogP contribution in [-0.4, -0.2) is 43.0 Å². The van der Waals surface area contributed by atoms with Gasteiger partial charge in [0.05, 0.1) is 0 Å². The molecule has 19 heavy (non-hydrogen) atoms. The van der Waals surface area contributed by atoms with Gasteiger partial charge in [-0.2, -0.15) is 0 Å². The summed E-state index contributed by atoms with van der Waals surface area (Å²) in [5.74, 6) is 0.826. The van der Waals surface area contributed by atoms with Crippen LogP contribution in [0, 0.1) is 11.8 Å². The first-order valence-corrected chi connectivity index (χ1v) is 7.98. The third kappa shape index (κ3) is 3.69. The summed E-state index contributed by atoms with van der Waals surface area (Å²) in [6.07, 6.45) is 7.13. The number of nitrogens with two attached hydrogens (primary N) is 1. The van der Waals surface area contributed by atoms with E-state index in [0.717, 1.165) is 32.4 Å². The number of carbonyl (C=O) groups is 1. The molecule has 0 aromatic carbocycles. The molecule has 1 aliphatic heterocycles. The Bertz CT molecular complexity index is 295. The molecule has 0 bridgehead atoms. The van der Waals surface area contributed by atoms with Crippen molar-refractivity contribution in [3.05, 3.63) is 0 Å². The second-order valence-electron chi connectivity index (χ2n) is 6.06. The van der Waals surface area contributed by atoms with Crippen LogP contribution in [-0.2, 0) is 4.79 Å². The summed E-state index contributed by atoms with van der Waals surface area (Å²) in [6.45, 7) is 5.96. The molecule has 2 aliphatic rings. The van der Waals surface area contributed by atoms with Crippen molar-refractivity contribution in [1.82, 2.24) is 10.2 Å². The standard InChI is InChI=1S/C15H29N3O/c1-2-18-9-4-3-7-13(18)11-17-15(19)14-8-5-6-12(14)10-16/h12-14H,2-11,16H2,1H3,(H,17,19)/t12-,13?,14-/m1/s1. The van der Waals surface area contributed by atoms with Crippen LogP contribution in [0.5, 0.6) is 0 Å². The SMILES string of the molecule is CCN1CCCCC1CNC(=O)[C@@H]1CCC[C@@H]1CN. The van der Waals surface area contributed by atoms with Crippen molar-refractivity contribution in [2.45, 2.75) is 51.5 Å². The van der Waals surface area contributed by atoms with Gasteiger partial charge in [-0.15, -0.1) is 0 Å². The molecular weight excluding hydrogens is 238 g/mol. The number of piperidine rings is 1. The van der Waals surface area contributed by atoms with Crippen LogP contribution in [0.3, 0.4) is 0 Å². The molecule has 1 saturated carbocycles. The first kappa shape index (κ1) is 14.8. The minimum Gasteiger partial charge on any atom is -0.354 e. The Labute approximate surface area is 117 Å². The van der Waals surface area contributed by atoms with Crippen LogP contribution < -0.4 is 11.1 Å². The van der Waals surface area contributed by atoms with E-state index in [4.69, 9.17) is 5.73 Å². The van der Waals surface area contributed by atoms with Gasteiger partial charge in [-0.3, -0.25) is 9.69 Å². The van der Waals surface area contributed by atoms with Crippen molar-refractivity contribution in [1.29, 1.82) is 0 Å². The Morgan fingerprint density at radius 2 is 2.11 bits per heavy atom. The fourth-order valence-electron chi connectivity index (χ4n) is 3.72. The number of likely N-dealkylation sites (N-methyl/N-ethyl adjacent to an activating group) is 1. The second-order valence-corrected chi connectivity index (χ2v) is 6.06. The summed E-state index contributed by atoms with van der Waals surface area (Å²) < 4.78 is 0. The van der Waals surface area contributed by atoms with Gasteiger partial charge in [0.1, 0.15) is 0 Å². The molecule has 1 aliphatic carbocycles. The Hall–Kier alpha value is -0.610. The van der Waals surface area contributed by atoms with Crippen molar-refractivity contribution >= 4 is 5.91 Å². The Kier molecular flexibility index (Phi) is 5.64. The third-order valence-electron chi connectivity index (χ3n) is 4.97. The van der Waals surface area contributed by atoms with E-state index in [1.807, 2.05) is 0 Å². The Morgan fingerprint density at radius 1 is 1.26 bits per heavy atom. The first-order chi connectivity index (χ1) is 9.26. The lowest BCUT2D eigenvalue weighted by Crippen LogP contribution is -2.48. The molecule has 4 nitrogen and oxygen atoms in total. The van der Waals surface area contributed by atoms with E-state index in [2.05, 4.69) is 17.1 Å². The molecule has 3 atom stereocenters. The zero-order valence-electron chi connectivity index (χ0n) is 12.2. The number of nitrogens with one attached hydrogen (secondary N) is 1.